The predicted octanol–water partition coefficient (Wildman–Crippen LogP) is 4.30. The van der Waals surface area contributed by atoms with Crippen molar-refractivity contribution in [3.63, 3.8) is 0 Å². The molecule has 4 rings (SSSR count). The number of nitrogens with zero attached hydrogens (tertiary/aromatic N) is 4. The number of rotatable bonds is 6. The minimum Gasteiger partial charge on any atom is -0.444 e. The lowest BCUT2D eigenvalue weighted by atomic mass is 10.0. The van der Waals surface area contributed by atoms with Crippen LogP contribution in [0, 0.1) is 6.92 Å². The Hall–Kier alpha value is -3.23. The molecule has 0 bridgehead atoms. The van der Waals surface area contributed by atoms with E-state index in [1.165, 1.54) is 6.26 Å². The molecule has 4 heterocycles. The Morgan fingerprint density at radius 2 is 2.10 bits per heavy atom. The quantitative estimate of drug-likeness (QED) is 0.464. The van der Waals surface area contributed by atoms with Gasteiger partial charge in [-0.2, -0.15) is 0 Å². The molecule has 2 N–H and O–H groups in total. The van der Waals surface area contributed by atoms with Gasteiger partial charge in [0.25, 0.3) is 5.91 Å². The number of aliphatic hydroxyl groups is 1. The molecule has 9 heteroatoms. The van der Waals surface area contributed by atoms with Crippen molar-refractivity contribution in [1.82, 2.24) is 19.4 Å². The molecule has 0 unspecified atom stereocenters. The van der Waals surface area contributed by atoms with E-state index < -0.39 is 11.5 Å². The standard InChI is InChI=1S/C22H22ClN5O3/c1-13-8-14(5-7-24-13)21-27-18(12-31-21)20(29)26-17-11-28-10-15(4-6-22(2,3)30)25-19(28)9-16(17)23/h5,7-12,30H,4,6H2,1-3H3,(H,26,29). The van der Waals surface area contributed by atoms with Crippen molar-refractivity contribution < 1.29 is 14.3 Å². The summed E-state index contributed by atoms with van der Waals surface area (Å²) in [5.41, 5.74) is 2.85. The lowest BCUT2D eigenvalue weighted by Gasteiger charge is -2.15. The predicted molar refractivity (Wildman–Crippen MR) is 117 cm³/mol. The molecule has 0 aliphatic heterocycles. The Bertz CT molecular complexity index is 1260. The molecule has 0 spiro atoms. The van der Waals surface area contributed by atoms with Crippen molar-refractivity contribution in [1.29, 1.82) is 0 Å². The molecule has 0 aromatic carbocycles. The molecular formula is C22H22ClN5O3. The van der Waals surface area contributed by atoms with Crippen LogP contribution >= 0.6 is 11.6 Å². The van der Waals surface area contributed by atoms with E-state index in [0.717, 1.165) is 17.0 Å². The van der Waals surface area contributed by atoms with Crippen molar-refractivity contribution >= 4 is 28.8 Å². The molecule has 1 amide bonds. The Morgan fingerprint density at radius 3 is 2.84 bits per heavy atom. The average molecular weight is 440 g/mol. The number of fused-ring (bicyclic) bond motifs is 1. The first-order valence-electron chi connectivity index (χ1n) is 9.77. The number of pyridine rings is 2. The van der Waals surface area contributed by atoms with Crippen LogP contribution in [0.4, 0.5) is 5.69 Å². The zero-order valence-corrected chi connectivity index (χ0v) is 18.1. The highest BCUT2D eigenvalue weighted by Gasteiger charge is 2.17. The number of carbonyl (C=O) groups is 1. The number of hydrogen-bond donors (Lipinski definition) is 2. The molecule has 0 saturated carbocycles. The van der Waals surface area contributed by atoms with Crippen LogP contribution in [0.1, 0.15) is 42.1 Å². The number of imidazole rings is 1. The Kier molecular flexibility index (Phi) is 5.51. The van der Waals surface area contributed by atoms with Crippen LogP contribution in [0.15, 0.2) is 47.5 Å². The van der Waals surface area contributed by atoms with Gasteiger partial charge in [0.2, 0.25) is 5.89 Å². The number of aryl methyl sites for hydroxylation is 2. The van der Waals surface area contributed by atoms with Crippen molar-refractivity contribution in [2.45, 2.75) is 39.2 Å². The second-order valence-electron chi connectivity index (χ2n) is 8.02. The summed E-state index contributed by atoms with van der Waals surface area (Å²) in [5, 5.41) is 13.0. The monoisotopic (exact) mass is 439 g/mol. The summed E-state index contributed by atoms with van der Waals surface area (Å²) in [5.74, 6) is -0.104. The lowest BCUT2D eigenvalue weighted by Crippen LogP contribution is -2.19. The largest absolute Gasteiger partial charge is 0.444 e. The zero-order chi connectivity index (χ0) is 22.2. The first kappa shape index (κ1) is 21.0. The van der Waals surface area contributed by atoms with Crippen molar-refractivity contribution in [3.05, 3.63) is 65.2 Å². The van der Waals surface area contributed by atoms with Crippen LogP contribution in [0.3, 0.4) is 0 Å². The van der Waals surface area contributed by atoms with Crippen LogP contribution in [0.2, 0.25) is 5.02 Å². The summed E-state index contributed by atoms with van der Waals surface area (Å²) in [4.78, 5) is 25.6. The Morgan fingerprint density at radius 1 is 1.29 bits per heavy atom. The third kappa shape index (κ3) is 4.92. The number of aromatic nitrogens is 4. The van der Waals surface area contributed by atoms with E-state index in [9.17, 15) is 9.90 Å². The normalized spacial score (nSPS) is 11.8. The van der Waals surface area contributed by atoms with E-state index in [-0.39, 0.29) is 5.69 Å². The van der Waals surface area contributed by atoms with Crippen molar-refractivity contribution in [2.24, 2.45) is 0 Å². The smallest absolute Gasteiger partial charge is 0.277 e. The van der Waals surface area contributed by atoms with Crippen molar-refractivity contribution in [2.75, 3.05) is 5.32 Å². The van der Waals surface area contributed by atoms with Crippen LogP contribution in [-0.2, 0) is 6.42 Å². The van der Waals surface area contributed by atoms with Crippen LogP contribution in [0.5, 0.6) is 0 Å². The Labute approximate surface area is 183 Å². The number of anilines is 1. The SMILES string of the molecule is Cc1cc(-c2nc(C(=O)Nc3cn4cc(CCC(C)(C)O)nc4cc3Cl)co2)ccn1. The van der Waals surface area contributed by atoms with Gasteiger partial charge < -0.3 is 19.2 Å². The molecule has 0 atom stereocenters. The number of halogens is 1. The highest BCUT2D eigenvalue weighted by Crippen LogP contribution is 2.25. The van der Waals surface area contributed by atoms with Crippen LogP contribution in [-0.4, -0.2) is 36.0 Å². The van der Waals surface area contributed by atoms with E-state index >= 15 is 0 Å². The fourth-order valence-corrected chi connectivity index (χ4v) is 3.28. The first-order chi connectivity index (χ1) is 14.7. The second kappa shape index (κ2) is 8.13. The molecule has 31 heavy (non-hydrogen) atoms. The average Bonchev–Trinajstić information content (AvgIpc) is 3.33. The summed E-state index contributed by atoms with van der Waals surface area (Å²) < 4.78 is 7.24. The van der Waals surface area contributed by atoms with Gasteiger partial charge in [-0.05, 0) is 45.7 Å². The number of oxazole rings is 1. The summed E-state index contributed by atoms with van der Waals surface area (Å²) in [7, 11) is 0. The highest BCUT2D eigenvalue weighted by molar-refractivity contribution is 6.34. The van der Waals surface area contributed by atoms with Gasteiger partial charge in [0, 0.05) is 35.9 Å². The lowest BCUT2D eigenvalue weighted by molar-refractivity contribution is 0.0711. The van der Waals surface area contributed by atoms with E-state index in [4.69, 9.17) is 16.0 Å². The maximum absolute atomic E-state index is 12.7. The molecule has 8 nitrogen and oxygen atoms in total. The summed E-state index contributed by atoms with van der Waals surface area (Å²) in [6.07, 6.45) is 7.72. The fourth-order valence-electron chi connectivity index (χ4n) is 3.08. The molecule has 0 fully saturated rings. The van der Waals surface area contributed by atoms with E-state index in [0.29, 0.717) is 35.1 Å². The van der Waals surface area contributed by atoms with Gasteiger partial charge in [-0.25, -0.2) is 9.97 Å². The molecule has 0 aliphatic carbocycles. The third-order valence-corrected chi connectivity index (χ3v) is 5.03. The molecule has 0 radical (unpaired) electrons. The Balaban J connectivity index is 1.52. The third-order valence-electron chi connectivity index (χ3n) is 4.71. The second-order valence-corrected chi connectivity index (χ2v) is 8.43. The minimum atomic E-state index is -0.766. The fraction of sp³-hybridized carbons (Fsp3) is 0.273. The van der Waals surface area contributed by atoms with Gasteiger partial charge in [0.05, 0.1) is 22.0 Å². The van der Waals surface area contributed by atoms with E-state index in [2.05, 4.69) is 20.3 Å². The molecular weight excluding hydrogens is 418 g/mol. The first-order valence-corrected chi connectivity index (χ1v) is 10.2. The van der Waals surface area contributed by atoms with Crippen LogP contribution < -0.4 is 5.32 Å². The summed E-state index contributed by atoms with van der Waals surface area (Å²) >= 11 is 6.35. The number of nitrogens with one attached hydrogen (secondary N) is 1. The van der Waals surface area contributed by atoms with Gasteiger partial charge >= 0.3 is 0 Å². The zero-order valence-electron chi connectivity index (χ0n) is 17.4. The van der Waals surface area contributed by atoms with E-state index in [1.807, 2.05) is 19.2 Å². The number of carbonyl (C=O) groups excluding carboxylic acids is 1. The van der Waals surface area contributed by atoms with Gasteiger partial charge in [0.15, 0.2) is 5.69 Å². The van der Waals surface area contributed by atoms with E-state index in [1.54, 1.807) is 42.8 Å². The maximum Gasteiger partial charge on any atom is 0.277 e. The van der Waals surface area contributed by atoms with Gasteiger partial charge in [-0.1, -0.05) is 11.6 Å². The number of hydrogen-bond acceptors (Lipinski definition) is 6. The molecule has 4 aromatic rings. The minimum absolute atomic E-state index is 0.136. The number of amides is 1. The molecule has 4 aromatic heterocycles. The van der Waals surface area contributed by atoms with Gasteiger partial charge in [0.1, 0.15) is 11.9 Å². The highest BCUT2D eigenvalue weighted by atomic mass is 35.5. The van der Waals surface area contributed by atoms with Gasteiger partial charge in [-0.15, -0.1) is 0 Å². The topological polar surface area (TPSA) is 106 Å². The van der Waals surface area contributed by atoms with Gasteiger partial charge in [-0.3, -0.25) is 9.78 Å². The molecule has 160 valence electrons. The molecule has 0 aliphatic rings. The maximum atomic E-state index is 12.7. The summed E-state index contributed by atoms with van der Waals surface area (Å²) in [6, 6.07) is 5.27. The van der Waals surface area contributed by atoms with Crippen molar-refractivity contribution in [3.8, 4) is 11.5 Å². The van der Waals surface area contributed by atoms with Crippen LogP contribution in [0.25, 0.3) is 17.1 Å². The molecule has 0 saturated heterocycles. The summed E-state index contributed by atoms with van der Waals surface area (Å²) in [6.45, 7) is 5.39.